The van der Waals surface area contributed by atoms with Gasteiger partial charge in [0.2, 0.25) is 5.91 Å². The highest BCUT2D eigenvalue weighted by Crippen LogP contribution is 2.29. The summed E-state index contributed by atoms with van der Waals surface area (Å²) in [7, 11) is 2.05. The van der Waals surface area contributed by atoms with Gasteiger partial charge in [-0.2, -0.15) is 4.99 Å². The number of likely N-dealkylation sites (N-methyl/N-ethyl adjacent to an activating group) is 1. The zero-order valence-electron chi connectivity index (χ0n) is 17.9. The monoisotopic (exact) mass is 443 g/mol. The lowest BCUT2D eigenvalue weighted by molar-refractivity contribution is -0.121. The number of aliphatic imine (C=N–C) groups is 1. The van der Waals surface area contributed by atoms with Gasteiger partial charge in [0.15, 0.2) is 5.17 Å². The Labute approximate surface area is 187 Å². The first-order chi connectivity index (χ1) is 15.0. The molecule has 166 valence electrons. The highest BCUT2D eigenvalue weighted by atomic mass is 32.2. The fraction of sp³-hybridized carbons (Fsp3) is 0.545. The van der Waals surface area contributed by atoms with Crippen LogP contribution in [0.25, 0.3) is 0 Å². The van der Waals surface area contributed by atoms with E-state index < -0.39 is 5.25 Å². The van der Waals surface area contributed by atoms with Gasteiger partial charge in [-0.05, 0) is 44.5 Å². The van der Waals surface area contributed by atoms with Gasteiger partial charge >= 0.3 is 0 Å². The van der Waals surface area contributed by atoms with Gasteiger partial charge in [-0.1, -0.05) is 17.8 Å². The fourth-order valence-corrected chi connectivity index (χ4v) is 5.15. The van der Waals surface area contributed by atoms with Gasteiger partial charge in [-0.15, -0.1) is 0 Å². The number of piperidine rings is 1. The molecule has 1 aromatic rings. The Bertz CT molecular complexity index is 876. The summed E-state index contributed by atoms with van der Waals surface area (Å²) in [5.41, 5.74) is 1.13. The molecule has 3 heterocycles. The molecule has 31 heavy (non-hydrogen) atoms. The molecular formula is C22H29N5O3S. The van der Waals surface area contributed by atoms with E-state index in [4.69, 9.17) is 0 Å². The summed E-state index contributed by atoms with van der Waals surface area (Å²) in [4.78, 5) is 48.0. The van der Waals surface area contributed by atoms with Crippen LogP contribution in [0, 0.1) is 0 Å². The molecule has 0 saturated carbocycles. The average Bonchev–Trinajstić information content (AvgIpc) is 3.14. The van der Waals surface area contributed by atoms with Crippen LogP contribution in [0.1, 0.15) is 36.0 Å². The van der Waals surface area contributed by atoms with E-state index in [0.717, 1.165) is 44.2 Å². The third-order valence-electron chi connectivity index (χ3n) is 5.91. The number of thioether (sulfide) groups is 1. The van der Waals surface area contributed by atoms with Crippen molar-refractivity contribution in [3.8, 4) is 0 Å². The van der Waals surface area contributed by atoms with Crippen molar-refractivity contribution in [2.75, 3.05) is 51.6 Å². The number of amides is 3. The van der Waals surface area contributed by atoms with Crippen LogP contribution in [0.3, 0.4) is 0 Å². The molecule has 1 atom stereocenters. The van der Waals surface area contributed by atoms with Crippen LogP contribution >= 0.6 is 11.8 Å². The van der Waals surface area contributed by atoms with Crippen molar-refractivity contribution in [3.63, 3.8) is 0 Å². The Morgan fingerprint density at radius 2 is 1.84 bits per heavy atom. The van der Waals surface area contributed by atoms with Crippen LogP contribution < -0.4 is 5.32 Å². The van der Waals surface area contributed by atoms with Crippen molar-refractivity contribution >= 4 is 40.3 Å². The maximum absolute atomic E-state index is 12.8. The lowest BCUT2D eigenvalue weighted by Gasteiger charge is -2.32. The number of nitrogens with one attached hydrogen (secondary N) is 1. The fourth-order valence-electron chi connectivity index (χ4n) is 4.03. The Morgan fingerprint density at radius 3 is 2.58 bits per heavy atom. The number of nitrogens with zero attached hydrogens (tertiary/aromatic N) is 4. The smallest absolute Gasteiger partial charge is 0.262 e. The average molecular weight is 444 g/mol. The van der Waals surface area contributed by atoms with Gasteiger partial charge in [0.25, 0.3) is 11.8 Å². The molecule has 0 spiro atoms. The number of piperazine rings is 1. The number of rotatable bonds is 4. The predicted octanol–water partition coefficient (Wildman–Crippen LogP) is 1.89. The van der Waals surface area contributed by atoms with Gasteiger partial charge in [0, 0.05) is 56.9 Å². The lowest BCUT2D eigenvalue weighted by Crippen LogP contribution is -2.47. The normalized spacial score (nSPS) is 22.4. The van der Waals surface area contributed by atoms with E-state index in [2.05, 4.69) is 20.1 Å². The van der Waals surface area contributed by atoms with Gasteiger partial charge in [0.1, 0.15) is 5.25 Å². The first-order valence-corrected chi connectivity index (χ1v) is 11.8. The molecule has 2 fully saturated rings. The summed E-state index contributed by atoms with van der Waals surface area (Å²) in [6.45, 7) is 4.96. The zero-order chi connectivity index (χ0) is 21.8. The molecule has 8 nitrogen and oxygen atoms in total. The van der Waals surface area contributed by atoms with Gasteiger partial charge in [-0.3, -0.25) is 14.4 Å². The van der Waals surface area contributed by atoms with Crippen molar-refractivity contribution in [1.82, 2.24) is 14.7 Å². The van der Waals surface area contributed by atoms with E-state index in [1.165, 1.54) is 18.2 Å². The highest BCUT2D eigenvalue weighted by Gasteiger charge is 2.33. The molecule has 9 heteroatoms. The second kappa shape index (κ2) is 9.82. The molecule has 2 saturated heterocycles. The Hall–Kier alpha value is -2.39. The minimum atomic E-state index is -0.480. The number of carbonyl (C=O) groups excluding carboxylic acids is 3. The quantitative estimate of drug-likeness (QED) is 0.765. The summed E-state index contributed by atoms with van der Waals surface area (Å²) in [5, 5.41) is 3.11. The van der Waals surface area contributed by atoms with Gasteiger partial charge in [0.05, 0.1) is 0 Å². The SMILES string of the molecule is CN1CCN(C(=O)c2cccc(NC(=O)CC3SC(N4CCCCC4)=NC3=O)c2)CC1. The summed E-state index contributed by atoms with van der Waals surface area (Å²) < 4.78 is 0. The standard InChI is InChI=1S/C22H29N5O3S/c1-25-10-12-26(13-11-25)21(30)16-6-5-7-17(14-16)23-19(28)15-18-20(29)24-22(31-18)27-8-3-2-4-9-27/h5-7,14,18H,2-4,8-13,15H2,1H3,(H,23,28). The molecule has 0 radical (unpaired) electrons. The summed E-state index contributed by atoms with van der Waals surface area (Å²) in [6.07, 6.45) is 3.51. The first kappa shape index (κ1) is 21.8. The Kier molecular flexibility index (Phi) is 6.92. The number of carbonyl (C=O) groups is 3. The molecule has 0 aromatic heterocycles. The number of hydrogen-bond donors (Lipinski definition) is 1. The topological polar surface area (TPSA) is 85.3 Å². The molecule has 3 aliphatic rings. The van der Waals surface area contributed by atoms with E-state index in [9.17, 15) is 14.4 Å². The van der Waals surface area contributed by atoms with Crippen molar-refractivity contribution in [2.45, 2.75) is 30.9 Å². The molecule has 0 aliphatic carbocycles. The second-order valence-electron chi connectivity index (χ2n) is 8.32. The third-order valence-corrected chi connectivity index (χ3v) is 7.12. The molecule has 4 rings (SSSR count). The maximum Gasteiger partial charge on any atom is 0.262 e. The number of amidine groups is 1. The van der Waals surface area contributed by atoms with E-state index in [-0.39, 0.29) is 24.1 Å². The molecule has 1 aromatic carbocycles. The van der Waals surface area contributed by atoms with Crippen molar-refractivity contribution < 1.29 is 14.4 Å². The molecule has 3 aliphatic heterocycles. The largest absolute Gasteiger partial charge is 0.351 e. The number of benzene rings is 1. The van der Waals surface area contributed by atoms with Crippen LogP contribution in [0.15, 0.2) is 29.3 Å². The Balaban J connectivity index is 1.31. The lowest BCUT2D eigenvalue weighted by atomic mass is 10.1. The van der Waals surface area contributed by atoms with E-state index >= 15 is 0 Å². The first-order valence-electron chi connectivity index (χ1n) is 10.9. The van der Waals surface area contributed by atoms with E-state index in [1.807, 2.05) is 11.9 Å². The highest BCUT2D eigenvalue weighted by molar-refractivity contribution is 8.15. The molecule has 0 bridgehead atoms. The summed E-state index contributed by atoms with van der Waals surface area (Å²) in [5.74, 6) is -0.504. The van der Waals surface area contributed by atoms with Crippen molar-refractivity contribution in [3.05, 3.63) is 29.8 Å². The number of hydrogen-bond acceptors (Lipinski definition) is 6. The minimum absolute atomic E-state index is 0.0229. The number of likely N-dealkylation sites (tertiary alicyclic amines) is 1. The predicted molar refractivity (Wildman–Crippen MR) is 122 cm³/mol. The van der Waals surface area contributed by atoms with Gasteiger partial charge in [-0.25, -0.2) is 0 Å². The molecular weight excluding hydrogens is 414 g/mol. The van der Waals surface area contributed by atoms with Crippen molar-refractivity contribution in [1.29, 1.82) is 0 Å². The summed E-state index contributed by atoms with van der Waals surface area (Å²) >= 11 is 1.39. The van der Waals surface area contributed by atoms with Crippen LogP contribution in [0.4, 0.5) is 5.69 Å². The van der Waals surface area contributed by atoms with E-state index in [1.54, 1.807) is 24.3 Å². The number of anilines is 1. The van der Waals surface area contributed by atoms with Crippen LogP contribution in [0.2, 0.25) is 0 Å². The zero-order valence-corrected chi connectivity index (χ0v) is 18.7. The van der Waals surface area contributed by atoms with Crippen LogP contribution in [0.5, 0.6) is 0 Å². The molecule has 1 unspecified atom stereocenters. The summed E-state index contributed by atoms with van der Waals surface area (Å²) in [6, 6.07) is 7.01. The van der Waals surface area contributed by atoms with Crippen LogP contribution in [-0.2, 0) is 9.59 Å². The van der Waals surface area contributed by atoms with Crippen molar-refractivity contribution in [2.24, 2.45) is 4.99 Å². The maximum atomic E-state index is 12.8. The van der Waals surface area contributed by atoms with Gasteiger partial charge < -0.3 is 20.0 Å². The second-order valence-corrected chi connectivity index (χ2v) is 9.49. The van der Waals surface area contributed by atoms with Crippen LogP contribution in [-0.4, -0.2) is 89.2 Å². The third kappa shape index (κ3) is 5.46. The Morgan fingerprint density at radius 1 is 1.10 bits per heavy atom. The molecule has 3 amide bonds. The minimum Gasteiger partial charge on any atom is -0.351 e. The molecule has 1 N–H and O–H groups in total. The van der Waals surface area contributed by atoms with E-state index in [0.29, 0.717) is 24.3 Å².